The van der Waals surface area contributed by atoms with Crippen LogP contribution in [0.4, 0.5) is 0 Å². The molecule has 2 saturated carbocycles. The number of nitrogens with zero attached hydrogens (tertiary/aromatic N) is 2. The van der Waals surface area contributed by atoms with Crippen molar-refractivity contribution in [3.63, 3.8) is 0 Å². The number of hydrogen-bond donors (Lipinski definition) is 0. The minimum Gasteiger partial charge on any atom is -0.340 e. The maximum atomic E-state index is 13.1. The van der Waals surface area contributed by atoms with Crippen molar-refractivity contribution in [1.29, 1.82) is 0 Å². The van der Waals surface area contributed by atoms with Crippen LogP contribution in [0.25, 0.3) is 0 Å². The molecule has 0 unspecified atom stereocenters. The molecule has 3 aliphatic rings. The average molecular weight is 278 g/mol. The van der Waals surface area contributed by atoms with Crippen molar-refractivity contribution in [3.8, 4) is 0 Å². The van der Waals surface area contributed by atoms with Crippen LogP contribution in [-0.4, -0.2) is 54.7 Å². The van der Waals surface area contributed by atoms with Crippen molar-refractivity contribution in [2.75, 3.05) is 33.2 Å². The van der Waals surface area contributed by atoms with Gasteiger partial charge in [0.25, 0.3) is 0 Å². The fourth-order valence-corrected chi connectivity index (χ4v) is 4.65. The Labute approximate surface area is 121 Å². The largest absolute Gasteiger partial charge is 0.340 e. The van der Waals surface area contributed by atoms with Gasteiger partial charge in [-0.05, 0) is 25.3 Å². The van der Waals surface area contributed by atoms with Gasteiger partial charge in [-0.15, -0.1) is 0 Å². The van der Waals surface area contributed by atoms with Crippen LogP contribution in [0.1, 0.15) is 40.0 Å². The number of fused-ring (bicyclic) bond motifs is 2. The highest BCUT2D eigenvalue weighted by Gasteiger charge is 2.72. The highest BCUT2D eigenvalue weighted by atomic mass is 16.2. The van der Waals surface area contributed by atoms with E-state index in [9.17, 15) is 9.59 Å². The number of Topliss-reactive ketones (excluding diaryl/α,β-unsaturated/α-hetero) is 1. The quantitative estimate of drug-likeness (QED) is 0.730. The number of amides is 1. The first-order valence-corrected chi connectivity index (χ1v) is 7.76. The summed E-state index contributed by atoms with van der Waals surface area (Å²) in [6.07, 6.45) is 2.22. The topological polar surface area (TPSA) is 40.6 Å². The SMILES string of the molecule is CN1CCN(C(=O)[C@@]23CC[C@@](C)(C(=O)C2)C3(C)C)CC1. The summed E-state index contributed by atoms with van der Waals surface area (Å²) < 4.78 is 0. The number of carbonyl (C=O) groups is 2. The van der Waals surface area contributed by atoms with Crippen LogP contribution in [0.2, 0.25) is 0 Å². The van der Waals surface area contributed by atoms with Gasteiger partial charge in [-0.2, -0.15) is 0 Å². The van der Waals surface area contributed by atoms with E-state index in [0.717, 1.165) is 39.0 Å². The van der Waals surface area contributed by atoms with Crippen molar-refractivity contribution in [2.24, 2.45) is 16.2 Å². The summed E-state index contributed by atoms with van der Waals surface area (Å²) in [4.78, 5) is 29.8. The second-order valence-electron chi connectivity index (χ2n) is 7.73. The molecule has 0 aromatic heterocycles. The van der Waals surface area contributed by atoms with Gasteiger partial charge in [0.2, 0.25) is 5.91 Å². The first kappa shape index (κ1) is 14.1. The van der Waals surface area contributed by atoms with Gasteiger partial charge < -0.3 is 9.80 Å². The monoisotopic (exact) mass is 278 g/mol. The van der Waals surface area contributed by atoms with Crippen LogP contribution in [-0.2, 0) is 9.59 Å². The lowest BCUT2D eigenvalue weighted by Gasteiger charge is -2.43. The lowest BCUT2D eigenvalue weighted by molar-refractivity contribution is -0.149. The Morgan fingerprint density at radius 3 is 2.10 bits per heavy atom. The molecule has 2 atom stereocenters. The lowest BCUT2D eigenvalue weighted by atomic mass is 9.64. The molecule has 0 spiro atoms. The number of ketones is 1. The molecule has 2 aliphatic carbocycles. The Morgan fingerprint density at radius 2 is 1.65 bits per heavy atom. The Balaban J connectivity index is 1.90. The molecule has 0 radical (unpaired) electrons. The molecule has 4 heteroatoms. The summed E-state index contributed by atoms with van der Waals surface area (Å²) in [5, 5.41) is 0. The summed E-state index contributed by atoms with van der Waals surface area (Å²) in [6.45, 7) is 9.83. The zero-order valence-electron chi connectivity index (χ0n) is 13.2. The summed E-state index contributed by atoms with van der Waals surface area (Å²) in [5.74, 6) is 0.543. The van der Waals surface area contributed by atoms with Gasteiger partial charge in [0.1, 0.15) is 5.78 Å². The van der Waals surface area contributed by atoms with Crippen molar-refractivity contribution >= 4 is 11.7 Å². The van der Waals surface area contributed by atoms with Crippen molar-refractivity contribution in [3.05, 3.63) is 0 Å². The summed E-state index contributed by atoms with van der Waals surface area (Å²) in [6, 6.07) is 0. The molecule has 1 heterocycles. The summed E-state index contributed by atoms with van der Waals surface area (Å²) in [7, 11) is 2.09. The third-order valence-corrected chi connectivity index (χ3v) is 6.91. The molecule has 0 aromatic rings. The predicted octanol–water partition coefficient (Wildman–Crippen LogP) is 1.55. The van der Waals surface area contributed by atoms with Gasteiger partial charge in [-0.3, -0.25) is 9.59 Å². The highest BCUT2D eigenvalue weighted by Crippen LogP contribution is 2.70. The summed E-state index contributed by atoms with van der Waals surface area (Å²) in [5.41, 5.74) is -0.943. The van der Waals surface area contributed by atoms with Gasteiger partial charge >= 0.3 is 0 Å². The summed E-state index contributed by atoms with van der Waals surface area (Å²) >= 11 is 0. The van der Waals surface area contributed by atoms with Gasteiger partial charge in [0, 0.05) is 38.0 Å². The molecule has 2 bridgehead atoms. The molecule has 0 N–H and O–H groups in total. The molecule has 4 nitrogen and oxygen atoms in total. The molecule has 3 rings (SSSR count). The molecule has 20 heavy (non-hydrogen) atoms. The number of likely N-dealkylation sites (N-methyl/N-ethyl adjacent to an activating group) is 1. The number of piperazine rings is 1. The van der Waals surface area contributed by atoms with Crippen molar-refractivity contribution in [2.45, 2.75) is 40.0 Å². The van der Waals surface area contributed by atoms with Crippen LogP contribution in [0.15, 0.2) is 0 Å². The minimum absolute atomic E-state index is 0.211. The molecule has 1 amide bonds. The van der Waals surface area contributed by atoms with Gasteiger partial charge in [0.05, 0.1) is 5.41 Å². The predicted molar refractivity (Wildman–Crippen MR) is 77.3 cm³/mol. The minimum atomic E-state index is -0.436. The Hall–Kier alpha value is -0.900. The normalized spacial score (nSPS) is 40.4. The van der Waals surface area contributed by atoms with E-state index in [4.69, 9.17) is 0 Å². The second-order valence-corrected chi connectivity index (χ2v) is 7.73. The van der Waals surface area contributed by atoms with Gasteiger partial charge in [0.15, 0.2) is 0 Å². The van der Waals surface area contributed by atoms with E-state index < -0.39 is 5.41 Å². The van der Waals surface area contributed by atoms with E-state index in [0.29, 0.717) is 12.2 Å². The van der Waals surface area contributed by atoms with Crippen LogP contribution >= 0.6 is 0 Å². The number of hydrogen-bond acceptors (Lipinski definition) is 3. The Bertz CT molecular complexity index is 465. The third kappa shape index (κ3) is 1.46. The highest BCUT2D eigenvalue weighted by molar-refractivity contribution is 5.99. The third-order valence-electron chi connectivity index (χ3n) is 6.91. The van der Waals surface area contributed by atoms with E-state index in [1.165, 1.54) is 0 Å². The maximum absolute atomic E-state index is 13.1. The zero-order valence-corrected chi connectivity index (χ0v) is 13.2. The van der Waals surface area contributed by atoms with E-state index in [2.05, 4.69) is 32.7 Å². The Kier molecular flexibility index (Phi) is 2.85. The molecule has 3 fully saturated rings. The molecule has 112 valence electrons. The van der Waals surface area contributed by atoms with E-state index in [1.54, 1.807) is 0 Å². The van der Waals surface area contributed by atoms with E-state index in [-0.39, 0.29) is 16.7 Å². The molecule has 1 saturated heterocycles. The standard InChI is InChI=1S/C16H26N2O2/c1-14(2)15(3)5-6-16(14,11-12(15)19)13(20)18-9-7-17(4)8-10-18/h5-11H2,1-4H3/t15-,16+/m0/s1. The molecule has 1 aliphatic heterocycles. The molecular formula is C16H26N2O2. The smallest absolute Gasteiger partial charge is 0.229 e. The fourth-order valence-electron chi connectivity index (χ4n) is 4.65. The van der Waals surface area contributed by atoms with Crippen LogP contribution < -0.4 is 0 Å². The lowest BCUT2D eigenvalue weighted by Crippen LogP contribution is -2.54. The van der Waals surface area contributed by atoms with Crippen LogP contribution in [0, 0.1) is 16.2 Å². The van der Waals surface area contributed by atoms with E-state index >= 15 is 0 Å². The molecule has 0 aromatic carbocycles. The first-order chi connectivity index (χ1) is 9.24. The second kappa shape index (κ2) is 4.06. The van der Waals surface area contributed by atoms with Crippen LogP contribution in [0.3, 0.4) is 0 Å². The van der Waals surface area contributed by atoms with Gasteiger partial charge in [-0.25, -0.2) is 0 Å². The first-order valence-electron chi connectivity index (χ1n) is 7.76. The van der Waals surface area contributed by atoms with Crippen LogP contribution in [0.5, 0.6) is 0 Å². The number of carbonyl (C=O) groups excluding carboxylic acids is 2. The molecular weight excluding hydrogens is 252 g/mol. The van der Waals surface area contributed by atoms with Crippen molar-refractivity contribution in [1.82, 2.24) is 9.80 Å². The number of rotatable bonds is 1. The Morgan fingerprint density at radius 1 is 1.05 bits per heavy atom. The zero-order chi connectivity index (χ0) is 14.8. The average Bonchev–Trinajstić information content (AvgIpc) is 2.69. The van der Waals surface area contributed by atoms with Crippen molar-refractivity contribution < 1.29 is 9.59 Å². The maximum Gasteiger partial charge on any atom is 0.229 e. The fraction of sp³-hybridized carbons (Fsp3) is 0.875. The van der Waals surface area contributed by atoms with Gasteiger partial charge in [-0.1, -0.05) is 20.8 Å². The van der Waals surface area contributed by atoms with E-state index in [1.807, 2.05) is 4.90 Å².